The Morgan fingerprint density at radius 3 is 2.38 bits per heavy atom. The summed E-state index contributed by atoms with van der Waals surface area (Å²) >= 11 is 0. The third-order valence-electron chi connectivity index (χ3n) is 3.95. The molecule has 1 saturated heterocycles. The predicted molar refractivity (Wildman–Crippen MR) is 74.6 cm³/mol. The van der Waals surface area contributed by atoms with Gasteiger partial charge in [-0.1, -0.05) is 12.1 Å². The highest BCUT2D eigenvalue weighted by Crippen LogP contribution is 2.35. The van der Waals surface area contributed by atoms with Gasteiger partial charge in [0.1, 0.15) is 9.84 Å². The molecule has 0 aromatic heterocycles. The third-order valence-corrected chi connectivity index (χ3v) is 5.67. The Morgan fingerprint density at radius 1 is 1.24 bits per heavy atom. The molecule has 118 valence electrons. The summed E-state index contributed by atoms with van der Waals surface area (Å²) < 4.78 is 61.3. The maximum absolute atomic E-state index is 12.8. The SMILES string of the molecule is CNC(c1cccc(C(F)(F)F)c1)C1CCS(=O)(=O)CC1. The molecular weight excluding hydrogens is 303 g/mol. The Morgan fingerprint density at radius 2 is 1.86 bits per heavy atom. The van der Waals surface area contributed by atoms with E-state index >= 15 is 0 Å². The van der Waals surface area contributed by atoms with Gasteiger partial charge in [-0.3, -0.25) is 0 Å². The number of rotatable bonds is 3. The number of benzene rings is 1. The third kappa shape index (κ3) is 3.97. The van der Waals surface area contributed by atoms with Gasteiger partial charge in [-0.25, -0.2) is 8.42 Å². The fraction of sp³-hybridized carbons (Fsp3) is 0.571. The maximum atomic E-state index is 12.8. The molecule has 1 atom stereocenters. The fourth-order valence-corrected chi connectivity index (χ4v) is 4.35. The summed E-state index contributed by atoms with van der Waals surface area (Å²) in [5, 5.41) is 3.03. The van der Waals surface area contributed by atoms with Crippen molar-refractivity contribution >= 4 is 9.84 Å². The van der Waals surface area contributed by atoms with Gasteiger partial charge in [-0.15, -0.1) is 0 Å². The van der Waals surface area contributed by atoms with Crippen LogP contribution >= 0.6 is 0 Å². The molecule has 1 N–H and O–H groups in total. The molecule has 0 amide bonds. The van der Waals surface area contributed by atoms with Crippen molar-refractivity contribution in [3.05, 3.63) is 35.4 Å². The molecule has 1 aromatic carbocycles. The molecule has 1 aromatic rings. The molecule has 1 heterocycles. The summed E-state index contributed by atoms with van der Waals surface area (Å²) in [7, 11) is -1.29. The molecule has 0 saturated carbocycles. The van der Waals surface area contributed by atoms with Crippen molar-refractivity contribution in [2.24, 2.45) is 5.92 Å². The molecule has 0 bridgehead atoms. The van der Waals surface area contributed by atoms with E-state index in [2.05, 4.69) is 5.32 Å². The minimum absolute atomic E-state index is 0.0296. The van der Waals surface area contributed by atoms with Gasteiger partial charge in [0.25, 0.3) is 0 Å². The number of nitrogens with one attached hydrogen (secondary N) is 1. The summed E-state index contributed by atoms with van der Waals surface area (Å²) in [6.07, 6.45) is -3.42. The van der Waals surface area contributed by atoms with E-state index in [1.54, 1.807) is 13.1 Å². The van der Waals surface area contributed by atoms with Crippen LogP contribution in [0.4, 0.5) is 13.2 Å². The van der Waals surface area contributed by atoms with Crippen molar-refractivity contribution in [3.8, 4) is 0 Å². The van der Waals surface area contributed by atoms with E-state index < -0.39 is 21.6 Å². The van der Waals surface area contributed by atoms with Gasteiger partial charge < -0.3 is 5.32 Å². The van der Waals surface area contributed by atoms with E-state index in [1.165, 1.54) is 6.07 Å². The van der Waals surface area contributed by atoms with E-state index in [1.807, 2.05) is 0 Å². The average Bonchev–Trinajstić information content (AvgIpc) is 2.41. The lowest BCUT2D eigenvalue weighted by Gasteiger charge is -2.30. The molecule has 1 aliphatic heterocycles. The van der Waals surface area contributed by atoms with Crippen LogP contribution in [0.5, 0.6) is 0 Å². The van der Waals surface area contributed by atoms with Crippen LogP contribution in [-0.4, -0.2) is 27.0 Å². The Balaban J connectivity index is 2.22. The number of sulfone groups is 1. The van der Waals surface area contributed by atoms with Crippen molar-refractivity contribution in [2.45, 2.75) is 25.1 Å². The minimum atomic E-state index is -4.37. The molecule has 0 aliphatic carbocycles. The minimum Gasteiger partial charge on any atom is -0.313 e. The summed E-state index contributed by atoms with van der Waals surface area (Å²) in [6, 6.07) is 4.97. The lowest BCUT2D eigenvalue weighted by Crippen LogP contribution is -2.32. The van der Waals surface area contributed by atoms with Crippen LogP contribution in [0.1, 0.15) is 30.0 Å². The number of halogens is 3. The van der Waals surface area contributed by atoms with Gasteiger partial charge in [-0.05, 0) is 43.5 Å². The van der Waals surface area contributed by atoms with Crippen LogP contribution < -0.4 is 5.32 Å². The van der Waals surface area contributed by atoms with Gasteiger partial charge in [0.05, 0.1) is 17.1 Å². The van der Waals surface area contributed by atoms with E-state index in [0.717, 1.165) is 12.1 Å². The van der Waals surface area contributed by atoms with Crippen LogP contribution in [-0.2, 0) is 16.0 Å². The standard InChI is InChI=1S/C14H18F3NO2S/c1-18-13(10-5-7-21(19,20)8-6-10)11-3-2-4-12(9-11)14(15,16)17/h2-4,9-10,13,18H,5-8H2,1H3. The molecular formula is C14H18F3NO2S. The van der Waals surface area contributed by atoms with Gasteiger partial charge in [0.2, 0.25) is 0 Å². The molecule has 7 heteroatoms. The molecule has 0 radical (unpaired) electrons. The van der Waals surface area contributed by atoms with E-state index in [9.17, 15) is 21.6 Å². The second-order valence-corrected chi connectivity index (χ2v) is 7.68. The average molecular weight is 321 g/mol. The van der Waals surface area contributed by atoms with Gasteiger partial charge >= 0.3 is 6.18 Å². The van der Waals surface area contributed by atoms with Gasteiger partial charge in [-0.2, -0.15) is 13.2 Å². The Labute approximate surface area is 122 Å². The molecule has 3 nitrogen and oxygen atoms in total. The quantitative estimate of drug-likeness (QED) is 0.931. The van der Waals surface area contributed by atoms with Crippen LogP contribution in [0.25, 0.3) is 0 Å². The van der Waals surface area contributed by atoms with Gasteiger partial charge in [0.15, 0.2) is 0 Å². The van der Waals surface area contributed by atoms with Crippen LogP contribution in [0.15, 0.2) is 24.3 Å². The number of hydrogen-bond donors (Lipinski definition) is 1. The topological polar surface area (TPSA) is 46.2 Å². The van der Waals surface area contributed by atoms with Crippen molar-refractivity contribution in [1.29, 1.82) is 0 Å². The van der Waals surface area contributed by atoms with Crippen molar-refractivity contribution < 1.29 is 21.6 Å². The lowest BCUT2D eigenvalue weighted by atomic mass is 9.88. The zero-order valence-corrected chi connectivity index (χ0v) is 12.5. The first-order valence-corrected chi connectivity index (χ1v) is 8.60. The van der Waals surface area contributed by atoms with E-state index in [0.29, 0.717) is 18.4 Å². The molecule has 1 aliphatic rings. The number of hydrogen-bond acceptors (Lipinski definition) is 3. The van der Waals surface area contributed by atoms with E-state index in [-0.39, 0.29) is 23.5 Å². The zero-order chi connectivity index (χ0) is 15.7. The lowest BCUT2D eigenvalue weighted by molar-refractivity contribution is -0.137. The highest BCUT2D eigenvalue weighted by Gasteiger charge is 2.33. The summed E-state index contributed by atoms with van der Waals surface area (Å²) in [5.41, 5.74) is -0.125. The van der Waals surface area contributed by atoms with Crippen LogP contribution in [0.2, 0.25) is 0 Å². The fourth-order valence-electron chi connectivity index (χ4n) is 2.82. The first-order chi connectivity index (χ1) is 9.73. The second kappa shape index (κ2) is 5.96. The zero-order valence-electron chi connectivity index (χ0n) is 11.7. The summed E-state index contributed by atoms with van der Waals surface area (Å²) in [6.45, 7) is 0. The van der Waals surface area contributed by atoms with Crippen molar-refractivity contribution in [3.63, 3.8) is 0 Å². The Bertz CT molecular complexity index is 584. The molecule has 21 heavy (non-hydrogen) atoms. The Hall–Kier alpha value is -1.08. The van der Waals surface area contributed by atoms with Crippen LogP contribution in [0, 0.1) is 5.92 Å². The van der Waals surface area contributed by atoms with E-state index in [4.69, 9.17) is 0 Å². The smallest absolute Gasteiger partial charge is 0.313 e. The second-order valence-electron chi connectivity index (χ2n) is 5.38. The first kappa shape index (κ1) is 16.3. The monoisotopic (exact) mass is 321 g/mol. The van der Waals surface area contributed by atoms with Crippen molar-refractivity contribution in [2.75, 3.05) is 18.6 Å². The van der Waals surface area contributed by atoms with Crippen LogP contribution in [0.3, 0.4) is 0 Å². The summed E-state index contributed by atoms with van der Waals surface area (Å²) in [4.78, 5) is 0. The Kier molecular flexibility index (Phi) is 4.63. The molecule has 0 spiro atoms. The normalized spacial score (nSPS) is 21.1. The number of alkyl halides is 3. The molecule has 1 fully saturated rings. The highest BCUT2D eigenvalue weighted by atomic mass is 32.2. The first-order valence-electron chi connectivity index (χ1n) is 6.78. The highest BCUT2D eigenvalue weighted by molar-refractivity contribution is 7.91. The molecule has 1 unspecified atom stereocenters. The van der Waals surface area contributed by atoms with Gasteiger partial charge in [0, 0.05) is 6.04 Å². The largest absolute Gasteiger partial charge is 0.416 e. The molecule has 2 rings (SSSR count). The predicted octanol–water partition coefficient (Wildman–Crippen LogP) is 2.79. The summed E-state index contributed by atoms with van der Waals surface area (Å²) in [5.74, 6) is 0.242. The maximum Gasteiger partial charge on any atom is 0.416 e. The van der Waals surface area contributed by atoms with Crippen molar-refractivity contribution in [1.82, 2.24) is 5.32 Å².